The highest BCUT2D eigenvalue weighted by atomic mass is 16.2. The Morgan fingerprint density at radius 3 is 2.29 bits per heavy atom. The molecule has 3 atom stereocenters. The van der Waals surface area contributed by atoms with Crippen molar-refractivity contribution in [3.8, 4) is 0 Å². The van der Waals surface area contributed by atoms with E-state index in [2.05, 4.69) is 51.8 Å². The second-order valence-electron chi connectivity index (χ2n) is 5.99. The van der Waals surface area contributed by atoms with Crippen molar-refractivity contribution < 1.29 is 4.79 Å². The number of amides is 1. The van der Waals surface area contributed by atoms with Crippen molar-refractivity contribution in [2.45, 2.75) is 72.6 Å². The van der Waals surface area contributed by atoms with Crippen LogP contribution in [0.3, 0.4) is 0 Å². The van der Waals surface area contributed by atoms with E-state index in [0.29, 0.717) is 23.8 Å². The van der Waals surface area contributed by atoms with E-state index in [9.17, 15) is 4.79 Å². The summed E-state index contributed by atoms with van der Waals surface area (Å²) in [7, 11) is 0. The van der Waals surface area contributed by atoms with Gasteiger partial charge in [0.05, 0.1) is 12.2 Å². The lowest BCUT2D eigenvalue weighted by Crippen LogP contribution is -2.45. The van der Waals surface area contributed by atoms with Crippen LogP contribution in [0, 0.1) is 11.8 Å². The molecule has 0 aromatic heterocycles. The molecule has 3 heteroatoms. The standard InChI is InChI=1S/C14H28N2O/c1-7-13(10(4)5)16-11(6)15-12(14(16)17)8-9(2)3/h9-13,15H,7-8H2,1-6H3. The Hall–Kier alpha value is -0.570. The highest BCUT2D eigenvalue weighted by Crippen LogP contribution is 2.24. The molecule has 0 aromatic carbocycles. The molecule has 3 unspecified atom stereocenters. The largest absolute Gasteiger partial charge is 0.323 e. The van der Waals surface area contributed by atoms with E-state index in [-0.39, 0.29) is 12.2 Å². The minimum Gasteiger partial charge on any atom is -0.323 e. The summed E-state index contributed by atoms with van der Waals surface area (Å²) >= 11 is 0. The van der Waals surface area contributed by atoms with Crippen LogP contribution in [0.15, 0.2) is 0 Å². The van der Waals surface area contributed by atoms with Crippen LogP contribution in [0.1, 0.15) is 54.4 Å². The van der Waals surface area contributed by atoms with Gasteiger partial charge in [-0.25, -0.2) is 0 Å². The first-order valence-electron chi connectivity index (χ1n) is 6.96. The van der Waals surface area contributed by atoms with Crippen LogP contribution < -0.4 is 5.32 Å². The molecule has 17 heavy (non-hydrogen) atoms. The highest BCUT2D eigenvalue weighted by Gasteiger charge is 2.40. The zero-order valence-electron chi connectivity index (χ0n) is 12.2. The zero-order chi connectivity index (χ0) is 13.2. The van der Waals surface area contributed by atoms with E-state index in [4.69, 9.17) is 0 Å². The molecule has 1 N–H and O–H groups in total. The monoisotopic (exact) mass is 240 g/mol. The highest BCUT2D eigenvalue weighted by molar-refractivity contribution is 5.84. The molecular weight excluding hydrogens is 212 g/mol. The summed E-state index contributed by atoms with van der Waals surface area (Å²) in [5.74, 6) is 1.38. The molecule has 1 aliphatic heterocycles. The molecule has 100 valence electrons. The van der Waals surface area contributed by atoms with E-state index >= 15 is 0 Å². The normalized spacial score (nSPS) is 27.3. The second-order valence-corrected chi connectivity index (χ2v) is 5.99. The maximum atomic E-state index is 12.4. The summed E-state index contributed by atoms with van der Waals surface area (Å²) in [5.41, 5.74) is 0. The van der Waals surface area contributed by atoms with E-state index in [1.165, 1.54) is 0 Å². The van der Waals surface area contributed by atoms with Gasteiger partial charge in [0.25, 0.3) is 0 Å². The Labute approximate surface area is 106 Å². The molecule has 0 spiro atoms. The SMILES string of the molecule is CCC(C(C)C)N1C(=O)C(CC(C)C)NC1C. The number of nitrogens with one attached hydrogen (secondary N) is 1. The van der Waals surface area contributed by atoms with Gasteiger partial charge >= 0.3 is 0 Å². The number of hydrogen-bond acceptors (Lipinski definition) is 2. The second kappa shape index (κ2) is 5.85. The fraction of sp³-hybridized carbons (Fsp3) is 0.929. The Morgan fingerprint density at radius 1 is 1.29 bits per heavy atom. The van der Waals surface area contributed by atoms with Gasteiger partial charge in [0.15, 0.2) is 0 Å². The first kappa shape index (κ1) is 14.5. The van der Waals surface area contributed by atoms with Crippen molar-refractivity contribution in [2.75, 3.05) is 0 Å². The van der Waals surface area contributed by atoms with Crippen molar-refractivity contribution >= 4 is 5.91 Å². The van der Waals surface area contributed by atoms with Crippen LogP contribution >= 0.6 is 0 Å². The molecular formula is C14H28N2O. The third kappa shape index (κ3) is 3.21. The number of carbonyl (C=O) groups excluding carboxylic acids is 1. The van der Waals surface area contributed by atoms with Crippen LogP contribution in [-0.2, 0) is 4.79 Å². The van der Waals surface area contributed by atoms with Gasteiger partial charge in [0.2, 0.25) is 5.91 Å². The van der Waals surface area contributed by atoms with Gasteiger partial charge in [-0.2, -0.15) is 0 Å². The maximum Gasteiger partial charge on any atom is 0.241 e. The summed E-state index contributed by atoms with van der Waals surface area (Å²) in [4.78, 5) is 14.5. The third-order valence-corrected chi connectivity index (χ3v) is 3.66. The fourth-order valence-electron chi connectivity index (χ4n) is 2.89. The molecule has 1 heterocycles. The fourth-order valence-corrected chi connectivity index (χ4v) is 2.89. The summed E-state index contributed by atoms with van der Waals surface area (Å²) in [6, 6.07) is 0.389. The molecule has 1 saturated heterocycles. The number of nitrogens with zero attached hydrogens (tertiary/aromatic N) is 1. The van der Waals surface area contributed by atoms with Crippen LogP contribution in [0.25, 0.3) is 0 Å². The van der Waals surface area contributed by atoms with Gasteiger partial charge in [-0.3, -0.25) is 10.1 Å². The maximum absolute atomic E-state index is 12.4. The van der Waals surface area contributed by atoms with E-state index < -0.39 is 0 Å². The van der Waals surface area contributed by atoms with Gasteiger partial charge < -0.3 is 4.90 Å². The van der Waals surface area contributed by atoms with Crippen molar-refractivity contribution in [1.82, 2.24) is 10.2 Å². The number of hydrogen-bond donors (Lipinski definition) is 1. The molecule has 0 bridgehead atoms. The van der Waals surface area contributed by atoms with Gasteiger partial charge in [-0.05, 0) is 31.6 Å². The van der Waals surface area contributed by atoms with Crippen molar-refractivity contribution in [3.63, 3.8) is 0 Å². The van der Waals surface area contributed by atoms with Crippen LogP contribution in [-0.4, -0.2) is 29.1 Å². The predicted molar refractivity (Wildman–Crippen MR) is 71.6 cm³/mol. The topological polar surface area (TPSA) is 32.3 Å². The van der Waals surface area contributed by atoms with Gasteiger partial charge in [-0.15, -0.1) is 0 Å². The van der Waals surface area contributed by atoms with Crippen molar-refractivity contribution in [3.05, 3.63) is 0 Å². The lowest BCUT2D eigenvalue weighted by Gasteiger charge is -2.33. The average Bonchev–Trinajstić information content (AvgIpc) is 2.45. The smallest absolute Gasteiger partial charge is 0.241 e. The predicted octanol–water partition coefficient (Wildman–Crippen LogP) is 2.61. The third-order valence-electron chi connectivity index (χ3n) is 3.66. The molecule has 0 saturated carbocycles. The summed E-state index contributed by atoms with van der Waals surface area (Å²) in [6.07, 6.45) is 2.15. The van der Waals surface area contributed by atoms with Gasteiger partial charge in [0, 0.05) is 6.04 Å². The van der Waals surface area contributed by atoms with Gasteiger partial charge in [0.1, 0.15) is 0 Å². The summed E-state index contributed by atoms with van der Waals surface area (Å²) in [5, 5.41) is 3.43. The Balaban J connectivity index is 2.77. The average molecular weight is 240 g/mol. The van der Waals surface area contributed by atoms with E-state index in [1.807, 2.05) is 0 Å². The number of carbonyl (C=O) groups is 1. The number of rotatable bonds is 5. The molecule has 0 aliphatic carbocycles. The van der Waals surface area contributed by atoms with Crippen LogP contribution in [0.4, 0.5) is 0 Å². The van der Waals surface area contributed by atoms with Crippen molar-refractivity contribution in [1.29, 1.82) is 0 Å². The van der Waals surface area contributed by atoms with Gasteiger partial charge in [-0.1, -0.05) is 34.6 Å². The van der Waals surface area contributed by atoms with E-state index in [1.54, 1.807) is 0 Å². The Kier molecular flexibility index (Phi) is 4.99. The first-order valence-corrected chi connectivity index (χ1v) is 6.96. The first-order chi connectivity index (χ1) is 7.88. The minimum atomic E-state index is 0.0257. The van der Waals surface area contributed by atoms with Crippen LogP contribution in [0.5, 0.6) is 0 Å². The molecule has 1 rings (SSSR count). The molecule has 3 nitrogen and oxygen atoms in total. The Morgan fingerprint density at radius 2 is 1.88 bits per heavy atom. The lowest BCUT2D eigenvalue weighted by atomic mass is 9.98. The van der Waals surface area contributed by atoms with Crippen molar-refractivity contribution in [2.24, 2.45) is 11.8 Å². The van der Waals surface area contributed by atoms with E-state index in [0.717, 1.165) is 12.8 Å². The molecule has 1 fully saturated rings. The zero-order valence-corrected chi connectivity index (χ0v) is 12.2. The molecule has 0 aromatic rings. The molecule has 0 radical (unpaired) electrons. The lowest BCUT2D eigenvalue weighted by molar-refractivity contribution is -0.133. The quantitative estimate of drug-likeness (QED) is 0.801. The summed E-state index contributed by atoms with van der Waals surface area (Å²) < 4.78 is 0. The minimum absolute atomic E-state index is 0.0257. The molecule has 1 amide bonds. The molecule has 1 aliphatic rings. The Bertz CT molecular complexity index is 263. The summed E-state index contributed by atoms with van der Waals surface area (Å²) in [6.45, 7) is 13.0. The van der Waals surface area contributed by atoms with Crippen LogP contribution in [0.2, 0.25) is 0 Å².